The molecule has 1 saturated heterocycles. The molecular weight excluding hydrogens is 412 g/mol. The number of hydrogen-bond acceptors (Lipinski definition) is 8. The fourth-order valence-corrected chi connectivity index (χ4v) is 4.95. The number of hydrogen-bond donors (Lipinski definition) is 1. The van der Waals surface area contributed by atoms with E-state index in [1.54, 1.807) is 31.6 Å². The summed E-state index contributed by atoms with van der Waals surface area (Å²) in [6.07, 6.45) is 11.7. The molecule has 0 aromatic carbocycles. The zero-order valence-corrected chi connectivity index (χ0v) is 18.4. The molecule has 0 amide bonds. The lowest BCUT2D eigenvalue weighted by Gasteiger charge is -2.29. The minimum absolute atomic E-state index is 0.0243. The number of carbonyl (C=O) groups is 2. The Hall–Kier alpha value is -2.74. The van der Waals surface area contributed by atoms with Gasteiger partial charge in [0.2, 0.25) is 16.9 Å². The van der Waals surface area contributed by atoms with Crippen LogP contribution in [0.2, 0.25) is 0 Å². The van der Waals surface area contributed by atoms with E-state index in [1.165, 1.54) is 5.56 Å². The number of Topliss-reactive ketones (excluding diaryl/α,β-unsaturated/α-hetero) is 1. The molecule has 0 atom stereocenters. The number of nitrogens with one attached hydrogen (secondary N) is 1. The Morgan fingerprint density at radius 1 is 1.16 bits per heavy atom. The standard InChI is InChI=1S/C23H26N4O3S/c1-30-22-16(3-2-11-24-22)7-4-15-5-8-17(9-6-15)26-23-25-12-10-18(27-23)13-20-19(28)14-21(29)31-20/h2-3,10-13,15,17H,4-9,14H2,1H3,(H,25,26,27)/b20-13-. The molecule has 8 heteroatoms. The second-order valence-electron chi connectivity index (χ2n) is 7.96. The normalized spacial score (nSPS) is 22.7. The molecule has 0 bridgehead atoms. The number of aromatic nitrogens is 3. The van der Waals surface area contributed by atoms with Crippen LogP contribution in [0.1, 0.15) is 49.8 Å². The highest BCUT2D eigenvalue weighted by atomic mass is 32.2. The molecule has 4 rings (SSSR count). The number of thioether (sulfide) groups is 1. The lowest BCUT2D eigenvalue weighted by atomic mass is 9.83. The number of rotatable bonds is 7. The van der Waals surface area contributed by atoms with Crippen molar-refractivity contribution in [3.63, 3.8) is 0 Å². The molecule has 0 radical (unpaired) electrons. The first-order valence-corrected chi connectivity index (χ1v) is 11.5. The maximum atomic E-state index is 11.8. The Labute approximate surface area is 186 Å². The van der Waals surface area contributed by atoms with Gasteiger partial charge in [-0.15, -0.1) is 0 Å². The highest BCUT2D eigenvalue weighted by Crippen LogP contribution is 2.31. The van der Waals surface area contributed by atoms with Gasteiger partial charge in [0.1, 0.15) is 0 Å². The fourth-order valence-electron chi connectivity index (χ4n) is 4.14. The minimum atomic E-state index is -0.134. The van der Waals surface area contributed by atoms with E-state index < -0.39 is 0 Å². The van der Waals surface area contributed by atoms with Crippen LogP contribution in [-0.4, -0.2) is 39.0 Å². The van der Waals surface area contributed by atoms with E-state index in [0.29, 0.717) is 28.5 Å². The predicted octanol–water partition coefficient (Wildman–Crippen LogP) is 4.06. The van der Waals surface area contributed by atoms with Gasteiger partial charge >= 0.3 is 0 Å². The van der Waals surface area contributed by atoms with E-state index in [0.717, 1.165) is 56.2 Å². The number of pyridine rings is 1. The maximum Gasteiger partial charge on any atom is 0.223 e. The quantitative estimate of drug-likeness (QED) is 0.511. The molecule has 1 aliphatic carbocycles. The van der Waals surface area contributed by atoms with Crippen molar-refractivity contribution in [2.45, 2.75) is 51.0 Å². The van der Waals surface area contributed by atoms with Gasteiger partial charge in [0.15, 0.2) is 5.78 Å². The fraction of sp³-hybridized carbons (Fsp3) is 0.435. The van der Waals surface area contributed by atoms with Crippen molar-refractivity contribution in [2.24, 2.45) is 5.92 Å². The van der Waals surface area contributed by atoms with Crippen LogP contribution in [0.15, 0.2) is 35.5 Å². The zero-order valence-electron chi connectivity index (χ0n) is 17.5. The zero-order chi connectivity index (χ0) is 21.6. The lowest BCUT2D eigenvalue weighted by Crippen LogP contribution is -2.27. The summed E-state index contributed by atoms with van der Waals surface area (Å²) in [6.45, 7) is 0. The summed E-state index contributed by atoms with van der Waals surface area (Å²) in [7, 11) is 1.67. The Bertz CT molecular complexity index is 986. The molecule has 162 valence electrons. The molecule has 1 N–H and O–H groups in total. The van der Waals surface area contributed by atoms with Gasteiger partial charge in [-0.3, -0.25) is 9.59 Å². The van der Waals surface area contributed by atoms with Gasteiger partial charge in [-0.05, 0) is 74.4 Å². The number of ketones is 1. The topological polar surface area (TPSA) is 94.1 Å². The Balaban J connectivity index is 1.28. The molecule has 1 aliphatic heterocycles. The second kappa shape index (κ2) is 10.0. The Morgan fingerprint density at radius 3 is 2.74 bits per heavy atom. The van der Waals surface area contributed by atoms with Crippen LogP contribution in [0.25, 0.3) is 6.08 Å². The molecule has 0 unspecified atom stereocenters. The minimum Gasteiger partial charge on any atom is -0.481 e. The summed E-state index contributed by atoms with van der Waals surface area (Å²) in [4.78, 5) is 36.8. The molecule has 7 nitrogen and oxygen atoms in total. The van der Waals surface area contributed by atoms with Gasteiger partial charge in [0.05, 0.1) is 24.1 Å². The number of methoxy groups -OCH3 is 1. The van der Waals surface area contributed by atoms with Gasteiger partial charge in [-0.1, -0.05) is 6.07 Å². The van der Waals surface area contributed by atoms with E-state index in [9.17, 15) is 9.59 Å². The van der Waals surface area contributed by atoms with Gasteiger partial charge in [-0.25, -0.2) is 15.0 Å². The average Bonchev–Trinajstić information content (AvgIpc) is 3.10. The Morgan fingerprint density at radius 2 is 2.00 bits per heavy atom. The van der Waals surface area contributed by atoms with Crippen LogP contribution < -0.4 is 10.1 Å². The molecule has 0 spiro atoms. The van der Waals surface area contributed by atoms with Crippen LogP contribution in [0.4, 0.5) is 5.95 Å². The molecule has 2 fully saturated rings. The molecular formula is C23H26N4O3S. The van der Waals surface area contributed by atoms with Crippen molar-refractivity contribution in [2.75, 3.05) is 12.4 Å². The van der Waals surface area contributed by atoms with Gasteiger partial charge in [0.25, 0.3) is 0 Å². The van der Waals surface area contributed by atoms with E-state index in [2.05, 4.69) is 26.3 Å². The summed E-state index contributed by atoms with van der Waals surface area (Å²) in [5.74, 6) is 1.86. The first-order valence-electron chi connectivity index (χ1n) is 10.6. The van der Waals surface area contributed by atoms with Crippen molar-refractivity contribution in [3.8, 4) is 5.88 Å². The van der Waals surface area contributed by atoms with E-state index in [1.807, 2.05) is 6.07 Å². The third-order valence-electron chi connectivity index (χ3n) is 5.80. The first-order chi connectivity index (χ1) is 15.1. The number of anilines is 1. The second-order valence-corrected chi connectivity index (χ2v) is 9.06. The third-order valence-corrected chi connectivity index (χ3v) is 6.74. The highest BCUT2D eigenvalue weighted by Gasteiger charge is 2.26. The summed E-state index contributed by atoms with van der Waals surface area (Å²) in [5, 5.41) is 3.33. The van der Waals surface area contributed by atoms with Crippen LogP contribution in [0.3, 0.4) is 0 Å². The number of nitrogens with zero attached hydrogens (tertiary/aromatic N) is 3. The molecule has 2 aliphatic rings. The number of aryl methyl sites for hydroxylation is 1. The molecule has 2 aromatic rings. The largest absolute Gasteiger partial charge is 0.481 e. The summed E-state index contributed by atoms with van der Waals surface area (Å²) in [6, 6.07) is 6.14. The number of carbonyl (C=O) groups excluding carboxylic acids is 2. The lowest BCUT2D eigenvalue weighted by molar-refractivity contribution is -0.119. The van der Waals surface area contributed by atoms with E-state index >= 15 is 0 Å². The maximum absolute atomic E-state index is 11.8. The molecule has 1 saturated carbocycles. The van der Waals surface area contributed by atoms with Crippen molar-refractivity contribution >= 4 is 34.7 Å². The highest BCUT2D eigenvalue weighted by molar-refractivity contribution is 8.18. The van der Waals surface area contributed by atoms with Crippen LogP contribution in [-0.2, 0) is 16.0 Å². The average molecular weight is 439 g/mol. The summed E-state index contributed by atoms with van der Waals surface area (Å²) in [5.41, 5.74) is 1.81. The van der Waals surface area contributed by atoms with E-state index in [4.69, 9.17) is 4.74 Å². The summed E-state index contributed by atoms with van der Waals surface area (Å²) >= 11 is 0.995. The monoisotopic (exact) mass is 438 g/mol. The Kier molecular flexibility index (Phi) is 6.96. The van der Waals surface area contributed by atoms with E-state index in [-0.39, 0.29) is 17.3 Å². The predicted molar refractivity (Wildman–Crippen MR) is 121 cm³/mol. The third kappa shape index (κ3) is 5.70. The van der Waals surface area contributed by atoms with Crippen LogP contribution in [0, 0.1) is 5.92 Å². The number of ether oxygens (including phenoxy) is 1. The molecule has 2 aromatic heterocycles. The molecule has 3 heterocycles. The van der Waals surface area contributed by atoms with Gasteiger partial charge < -0.3 is 10.1 Å². The molecule has 31 heavy (non-hydrogen) atoms. The van der Waals surface area contributed by atoms with Crippen LogP contribution >= 0.6 is 11.8 Å². The van der Waals surface area contributed by atoms with Crippen molar-refractivity contribution in [1.29, 1.82) is 0 Å². The van der Waals surface area contributed by atoms with Crippen molar-refractivity contribution in [3.05, 3.63) is 46.8 Å². The van der Waals surface area contributed by atoms with Crippen molar-refractivity contribution in [1.82, 2.24) is 15.0 Å². The van der Waals surface area contributed by atoms with Gasteiger partial charge in [0, 0.05) is 24.0 Å². The van der Waals surface area contributed by atoms with Gasteiger partial charge in [-0.2, -0.15) is 0 Å². The van der Waals surface area contributed by atoms with Crippen LogP contribution in [0.5, 0.6) is 5.88 Å². The first kappa shape index (κ1) is 21.5. The SMILES string of the molecule is COc1ncccc1CCC1CCC(Nc2nccc(/C=C3\SC(=O)CC3=O)n2)CC1. The smallest absolute Gasteiger partial charge is 0.223 e. The van der Waals surface area contributed by atoms with Crippen molar-refractivity contribution < 1.29 is 14.3 Å². The summed E-state index contributed by atoms with van der Waals surface area (Å²) < 4.78 is 5.36. The number of allylic oxidation sites excluding steroid dienone is 1.